The van der Waals surface area contributed by atoms with E-state index in [1.54, 1.807) is 0 Å². The van der Waals surface area contributed by atoms with Crippen LogP contribution in [-0.2, 0) is 12.8 Å². The number of benzene rings is 2. The molecule has 1 aliphatic rings. The molecule has 0 aromatic heterocycles. The highest BCUT2D eigenvalue weighted by atomic mass is 79.9. The Hall–Kier alpha value is -1.81. The summed E-state index contributed by atoms with van der Waals surface area (Å²) in [4.78, 5) is 12.4. The minimum absolute atomic E-state index is 0.124. The van der Waals surface area contributed by atoms with Crippen molar-refractivity contribution < 1.29 is 4.79 Å². The molecule has 0 radical (unpaired) electrons. The maximum Gasteiger partial charge on any atom is 0.255 e. The molecular formula is C17H17BrN2O. The van der Waals surface area contributed by atoms with Gasteiger partial charge in [-0.15, -0.1) is 0 Å². The Morgan fingerprint density at radius 3 is 2.71 bits per heavy atom. The summed E-state index contributed by atoms with van der Waals surface area (Å²) in [6.45, 7) is 1.97. The molecule has 0 fully saturated rings. The number of halogens is 1. The molecule has 3 rings (SSSR count). The quantitative estimate of drug-likeness (QED) is 0.806. The van der Waals surface area contributed by atoms with Gasteiger partial charge in [-0.1, -0.05) is 6.07 Å². The summed E-state index contributed by atoms with van der Waals surface area (Å²) in [5.74, 6) is -0.124. The zero-order chi connectivity index (χ0) is 15.0. The van der Waals surface area contributed by atoms with Crippen molar-refractivity contribution in [3.63, 3.8) is 0 Å². The number of nitrogens with two attached hydrogens (primary N) is 1. The van der Waals surface area contributed by atoms with Crippen LogP contribution in [0.2, 0.25) is 0 Å². The molecule has 4 heteroatoms. The fraction of sp³-hybridized carbons (Fsp3) is 0.235. The lowest BCUT2D eigenvalue weighted by molar-refractivity contribution is 0.102. The van der Waals surface area contributed by atoms with Gasteiger partial charge in [0.05, 0.1) is 11.4 Å². The number of amides is 1. The Morgan fingerprint density at radius 1 is 1.19 bits per heavy atom. The van der Waals surface area contributed by atoms with Crippen LogP contribution >= 0.6 is 15.9 Å². The van der Waals surface area contributed by atoms with E-state index >= 15 is 0 Å². The smallest absolute Gasteiger partial charge is 0.255 e. The average Bonchev–Trinajstić information content (AvgIpc) is 2.89. The van der Waals surface area contributed by atoms with Crippen LogP contribution in [0, 0.1) is 6.92 Å². The number of aryl methyl sites for hydroxylation is 3. The first-order chi connectivity index (χ1) is 10.0. The lowest BCUT2D eigenvalue weighted by atomic mass is 10.1. The molecule has 1 aliphatic carbocycles. The van der Waals surface area contributed by atoms with Gasteiger partial charge < -0.3 is 11.1 Å². The number of nitrogen functional groups attached to an aromatic ring is 1. The molecule has 2 aromatic carbocycles. The van der Waals surface area contributed by atoms with Crippen LogP contribution < -0.4 is 11.1 Å². The van der Waals surface area contributed by atoms with Crippen LogP contribution in [0.3, 0.4) is 0 Å². The molecule has 0 bridgehead atoms. The van der Waals surface area contributed by atoms with Gasteiger partial charge in [0.25, 0.3) is 5.91 Å². The lowest BCUT2D eigenvalue weighted by Gasteiger charge is -2.12. The summed E-state index contributed by atoms with van der Waals surface area (Å²) in [6.07, 6.45) is 3.36. The number of nitrogens with one attached hydrogen (secondary N) is 1. The van der Waals surface area contributed by atoms with Crippen LogP contribution in [0.25, 0.3) is 0 Å². The van der Waals surface area contributed by atoms with Crippen molar-refractivity contribution in [2.24, 2.45) is 0 Å². The van der Waals surface area contributed by atoms with E-state index < -0.39 is 0 Å². The summed E-state index contributed by atoms with van der Waals surface area (Å²) in [6, 6.07) is 9.73. The van der Waals surface area contributed by atoms with E-state index in [4.69, 9.17) is 5.73 Å². The third-order valence-corrected chi connectivity index (χ3v) is 4.49. The van der Waals surface area contributed by atoms with Crippen molar-refractivity contribution >= 4 is 33.2 Å². The van der Waals surface area contributed by atoms with Crippen molar-refractivity contribution in [3.8, 4) is 0 Å². The molecule has 0 saturated carbocycles. The van der Waals surface area contributed by atoms with E-state index in [1.165, 1.54) is 17.5 Å². The molecule has 1 amide bonds. The number of hydrogen-bond donors (Lipinski definition) is 2. The molecule has 0 saturated heterocycles. The Balaban J connectivity index is 1.87. The Labute approximate surface area is 132 Å². The first kappa shape index (κ1) is 14.1. The van der Waals surface area contributed by atoms with Crippen LogP contribution in [0.15, 0.2) is 34.8 Å². The van der Waals surface area contributed by atoms with E-state index in [1.807, 2.05) is 31.2 Å². The fourth-order valence-corrected chi connectivity index (χ4v) is 3.49. The van der Waals surface area contributed by atoms with Crippen molar-refractivity contribution in [3.05, 3.63) is 57.1 Å². The fourth-order valence-electron chi connectivity index (χ4n) is 2.80. The van der Waals surface area contributed by atoms with Crippen LogP contribution in [-0.4, -0.2) is 5.91 Å². The lowest BCUT2D eigenvalue weighted by Crippen LogP contribution is -2.14. The van der Waals surface area contributed by atoms with Crippen LogP contribution in [0.5, 0.6) is 0 Å². The maximum absolute atomic E-state index is 12.4. The molecule has 3 nitrogen and oxygen atoms in total. The molecule has 0 heterocycles. The molecule has 0 atom stereocenters. The van der Waals surface area contributed by atoms with Gasteiger partial charge in [-0.2, -0.15) is 0 Å². The van der Waals surface area contributed by atoms with Crippen molar-refractivity contribution in [2.45, 2.75) is 26.2 Å². The summed E-state index contributed by atoms with van der Waals surface area (Å²) in [5.41, 5.74) is 11.6. The normalized spacial score (nSPS) is 13.0. The minimum atomic E-state index is -0.124. The van der Waals surface area contributed by atoms with Gasteiger partial charge in [0.15, 0.2) is 0 Å². The number of hydrogen-bond acceptors (Lipinski definition) is 2. The molecule has 21 heavy (non-hydrogen) atoms. The number of anilines is 2. The standard InChI is InChI=1S/C17H17BrN2O/c1-10-7-14(18)16(15(19)8-10)20-17(21)13-6-5-11-3-2-4-12(11)9-13/h5-9H,2-4,19H2,1H3,(H,20,21). The van der Waals surface area contributed by atoms with Gasteiger partial charge in [0, 0.05) is 10.0 Å². The van der Waals surface area contributed by atoms with Gasteiger partial charge in [0.1, 0.15) is 0 Å². The van der Waals surface area contributed by atoms with E-state index in [2.05, 4.69) is 27.3 Å². The number of carbonyl (C=O) groups excluding carboxylic acids is 1. The van der Waals surface area contributed by atoms with E-state index in [-0.39, 0.29) is 5.91 Å². The maximum atomic E-state index is 12.4. The second-order valence-electron chi connectivity index (χ2n) is 5.50. The third kappa shape index (κ3) is 2.81. The first-order valence-corrected chi connectivity index (χ1v) is 7.82. The van der Waals surface area contributed by atoms with Gasteiger partial charge in [-0.25, -0.2) is 0 Å². The number of fused-ring (bicyclic) bond motifs is 1. The molecular weight excluding hydrogens is 328 g/mol. The molecule has 0 unspecified atom stereocenters. The van der Waals surface area contributed by atoms with Gasteiger partial charge >= 0.3 is 0 Å². The Bertz CT molecular complexity index is 702. The zero-order valence-electron chi connectivity index (χ0n) is 11.9. The summed E-state index contributed by atoms with van der Waals surface area (Å²) in [5, 5.41) is 2.90. The van der Waals surface area contributed by atoms with Crippen LogP contribution in [0.4, 0.5) is 11.4 Å². The molecule has 3 N–H and O–H groups in total. The predicted molar refractivity (Wildman–Crippen MR) is 89.7 cm³/mol. The highest BCUT2D eigenvalue weighted by Gasteiger charge is 2.15. The largest absolute Gasteiger partial charge is 0.397 e. The van der Waals surface area contributed by atoms with Crippen LogP contribution in [0.1, 0.15) is 33.5 Å². The summed E-state index contributed by atoms with van der Waals surface area (Å²) < 4.78 is 0.800. The molecule has 0 aliphatic heterocycles. The Morgan fingerprint density at radius 2 is 1.95 bits per heavy atom. The topological polar surface area (TPSA) is 55.1 Å². The van der Waals surface area contributed by atoms with Gasteiger partial charge in [-0.05, 0) is 83.1 Å². The number of carbonyl (C=O) groups is 1. The molecule has 0 spiro atoms. The van der Waals surface area contributed by atoms with E-state index in [9.17, 15) is 4.79 Å². The predicted octanol–water partition coefficient (Wildman–Crippen LogP) is 4.08. The highest BCUT2D eigenvalue weighted by Crippen LogP contribution is 2.31. The van der Waals surface area contributed by atoms with Crippen molar-refractivity contribution in [1.82, 2.24) is 0 Å². The van der Waals surface area contributed by atoms with Gasteiger partial charge in [0.2, 0.25) is 0 Å². The summed E-state index contributed by atoms with van der Waals surface area (Å²) in [7, 11) is 0. The Kier molecular flexibility index (Phi) is 3.72. The van der Waals surface area contributed by atoms with E-state index in [0.29, 0.717) is 16.9 Å². The second kappa shape index (κ2) is 5.53. The molecule has 108 valence electrons. The van der Waals surface area contributed by atoms with Crippen molar-refractivity contribution in [2.75, 3.05) is 11.1 Å². The molecule has 2 aromatic rings. The zero-order valence-corrected chi connectivity index (χ0v) is 13.5. The third-order valence-electron chi connectivity index (χ3n) is 3.86. The van der Waals surface area contributed by atoms with Gasteiger partial charge in [-0.3, -0.25) is 4.79 Å². The van der Waals surface area contributed by atoms with E-state index in [0.717, 1.165) is 22.9 Å². The average molecular weight is 345 g/mol. The first-order valence-electron chi connectivity index (χ1n) is 7.03. The second-order valence-corrected chi connectivity index (χ2v) is 6.36. The summed E-state index contributed by atoms with van der Waals surface area (Å²) >= 11 is 3.45. The number of rotatable bonds is 2. The van der Waals surface area contributed by atoms with Crippen molar-refractivity contribution in [1.29, 1.82) is 0 Å². The monoisotopic (exact) mass is 344 g/mol. The minimum Gasteiger partial charge on any atom is -0.397 e. The highest BCUT2D eigenvalue weighted by molar-refractivity contribution is 9.10. The SMILES string of the molecule is Cc1cc(N)c(NC(=O)c2ccc3c(c2)CCC3)c(Br)c1.